The van der Waals surface area contributed by atoms with Crippen molar-refractivity contribution in [3.63, 3.8) is 0 Å². The highest BCUT2D eigenvalue weighted by molar-refractivity contribution is 5.82. The van der Waals surface area contributed by atoms with Gasteiger partial charge in [0.25, 0.3) is 0 Å². The quantitative estimate of drug-likeness (QED) is 0.191. The number of carbonyl (C=O) groups excluding carboxylic acids is 2. The van der Waals surface area contributed by atoms with E-state index in [4.69, 9.17) is 15.9 Å². The molecule has 2 aliphatic rings. The Hall–Kier alpha value is -3.71. The largest absolute Gasteiger partial charge is 0.383 e. The van der Waals surface area contributed by atoms with E-state index in [9.17, 15) is 14.7 Å². The maximum atomic E-state index is 11.8. The van der Waals surface area contributed by atoms with Gasteiger partial charge in [0, 0.05) is 57.2 Å². The fraction of sp³-hybridized carbons (Fsp3) is 0.433. The summed E-state index contributed by atoms with van der Waals surface area (Å²) in [6.07, 6.45) is 24.2. The zero-order chi connectivity index (χ0) is 29.6. The Morgan fingerprint density at radius 1 is 1.23 bits per heavy atom. The molecule has 6 N–H and O–H groups in total. The molecule has 0 aromatic rings. The Balaban J connectivity index is 0.000000718. The third kappa shape index (κ3) is 13.6. The molecule has 1 aliphatic carbocycles. The van der Waals surface area contributed by atoms with E-state index in [1.807, 2.05) is 51.2 Å². The number of amides is 2. The van der Waals surface area contributed by atoms with Crippen LogP contribution in [0.4, 0.5) is 0 Å². The van der Waals surface area contributed by atoms with Gasteiger partial charge in [0.15, 0.2) is 0 Å². The summed E-state index contributed by atoms with van der Waals surface area (Å²) in [5.74, 6) is 0.109. The summed E-state index contributed by atoms with van der Waals surface area (Å²) in [5, 5.41) is 22.6. The van der Waals surface area contributed by atoms with Gasteiger partial charge >= 0.3 is 0 Å². The number of methoxy groups -OCH3 is 1. The van der Waals surface area contributed by atoms with Crippen molar-refractivity contribution in [1.82, 2.24) is 15.5 Å². The molecule has 9 heteroatoms. The van der Waals surface area contributed by atoms with Crippen molar-refractivity contribution in [2.24, 2.45) is 5.73 Å². The second-order valence-electron chi connectivity index (χ2n) is 8.33. The number of carbonyl (C=O) groups is 2. The fourth-order valence-electron chi connectivity index (χ4n) is 3.53. The van der Waals surface area contributed by atoms with Gasteiger partial charge < -0.3 is 36.5 Å². The summed E-state index contributed by atoms with van der Waals surface area (Å²) in [4.78, 5) is 24.8. The van der Waals surface area contributed by atoms with E-state index in [0.29, 0.717) is 45.5 Å². The molecule has 0 saturated carbocycles. The number of aliphatic hydroxyl groups is 1. The van der Waals surface area contributed by atoms with Crippen molar-refractivity contribution >= 4 is 18.0 Å². The molecular formula is C30H45N5O4. The summed E-state index contributed by atoms with van der Waals surface area (Å²) < 4.78 is 5.03. The van der Waals surface area contributed by atoms with Crippen LogP contribution in [0.25, 0.3) is 0 Å². The maximum Gasteiger partial charge on any atom is 0.224 e. The molecule has 9 nitrogen and oxygen atoms in total. The highest BCUT2D eigenvalue weighted by Crippen LogP contribution is 2.16. The SMILES string of the molecule is C#C.CCC(=O)N(C/C=C\C1=C(CC)NC(O)C=C1)CCOC.CCC(=O)NC1=CCC(CN)=C(C=N)C=C1. The molecular weight excluding hydrogens is 494 g/mol. The Morgan fingerprint density at radius 2 is 1.95 bits per heavy atom. The molecule has 2 amide bonds. The zero-order valence-electron chi connectivity index (χ0n) is 23.7. The number of aliphatic hydroxyl groups excluding tert-OH is 1. The topological polar surface area (TPSA) is 141 Å². The second-order valence-corrected chi connectivity index (χ2v) is 8.33. The first-order valence-corrected chi connectivity index (χ1v) is 13.1. The molecule has 39 heavy (non-hydrogen) atoms. The van der Waals surface area contributed by atoms with Crippen molar-refractivity contribution in [3.05, 3.63) is 70.6 Å². The van der Waals surface area contributed by atoms with Crippen molar-refractivity contribution in [3.8, 4) is 12.8 Å². The van der Waals surface area contributed by atoms with Gasteiger partial charge in [-0.05, 0) is 41.7 Å². The standard InChI is InChI=1S/C16H26N2O3.C12H17N3O.C2H2/c1-4-14-13(8-9-15(19)17-14)7-6-10-18(11-12-21-3)16(20)5-2;1-2-12(16)15-11-5-3-9(7-13)10(8-14)4-6-11;1-2/h6-9,15,17,19H,4-5,10-12H2,1-3H3;3,5-7,13H,2,4,8,14H2,1H3,(H,15,16);1-2H/b7-6-;;. The van der Waals surface area contributed by atoms with Crippen LogP contribution in [0.3, 0.4) is 0 Å². The van der Waals surface area contributed by atoms with Crippen molar-refractivity contribution in [1.29, 1.82) is 5.41 Å². The average Bonchev–Trinajstić information content (AvgIpc) is 3.17. The van der Waals surface area contributed by atoms with E-state index >= 15 is 0 Å². The number of allylic oxidation sites excluding steroid dienone is 8. The first-order valence-electron chi connectivity index (χ1n) is 13.1. The minimum Gasteiger partial charge on any atom is -0.383 e. The van der Waals surface area contributed by atoms with Crippen molar-refractivity contribution in [2.45, 2.75) is 52.7 Å². The highest BCUT2D eigenvalue weighted by Gasteiger charge is 2.11. The van der Waals surface area contributed by atoms with Crippen LogP contribution >= 0.6 is 0 Å². The molecule has 2 rings (SSSR count). The number of hydrogen-bond acceptors (Lipinski definition) is 7. The predicted molar refractivity (Wildman–Crippen MR) is 159 cm³/mol. The molecule has 214 valence electrons. The van der Waals surface area contributed by atoms with E-state index in [-0.39, 0.29) is 11.8 Å². The van der Waals surface area contributed by atoms with Gasteiger partial charge in [-0.2, -0.15) is 0 Å². The minimum absolute atomic E-state index is 0.0106. The molecule has 0 spiro atoms. The van der Waals surface area contributed by atoms with Gasteiger partial charge in [0.2, 0.25) is 11.8 Å². The van der Waals surface area contributed by atoms with E-state index in [2.05, 4.69) is 23.5 Å². The first-order chi connectivity index (χ1) is 18.8. The molecule has 1 unspecified atom stereocenters. The smallest absolute Gasteiger partial charge is 0.224 e. The summed E-state index contributed by atoms with van der Waals surface area (Å²) in [5.41, 5.74) is 10.2. The molecule has 1 atom stereocenters. The van der Waals surface area contributed by atoms with Crippen molar-refractivity contribution < 1.29 is 19.4 Å². The lowest BCUT2D eigenvalue weighted by molar-refractivity contribution is -0.131. The number of nitrogens with zero attached hydrogens (tertiary/aromatic N) is 1. The zero-order valence-corrected chi connectivity index (χ0v) is 23.7. The van der Waals surface area contributed by atoms with Crippen LogP contribution in [0, 0.1) is 18.3 Å². The number of terminal acetylenes is 1. The summed E-state index contributed by atoms with van der Waals surface area (Å²) in [7, 11) is 1.63. The van der Waals surface area contributed by atoms with E-state index in [1.165, 1.54) is 6.21 Å². The third-order valence-corrected chi connectivity index (χ3v) is 5.75. The van der Waals surface area contributed by atoms with E-state index in [0.717, 1.165) is 34.5 Å². The Morgan fingerprint density at radius 3 is 2.51 bits per heavy atom. The van der Waals surface area contributed by atoms with Gasteiger partial charge in [0.05, 0.1) is 6.61 Å². The lowest BCUT2D eigenvalue weighted by atomic mass is 10.1. The highest BCUT2D eigenvalue weighted by atomic mass is 16.5. The van der Waals surface area contributed by atoms with E-state index in [1.54, 1.807) is 24.2 Å². The van der Waals surface area contributed by atoms with Gasteiger partial charge in [-0.15, -0.1) is 12.8 Å². The summed E-state index contributed by atoms with van der Waals surface area (Å²) >= 11 is 0. The number of hydrogen-bond donors (Lipinski definition) is 5. The number of ether oxygens (including phenoxy) is 1. The molecule has 0 radical (unpaired) electrons. The van der Waals surface area contributed by atoms with Gasteiger partial charge in [0.1, 0.15) is 6.23 Å². The molecule has 0 bridgehead atoms. The average molecular weight is 540 g/mol. The lowest BCUT2D eigenvalue weighted by Crippen LogP contribution is -2.33. The van der Waals surface area contributed by atoms with Crippen LogP contribution in [0.1, 0.15) is 46.5 Å². The Labute approximate surface area is 233 Å². The molecule has 0 aromatic heterocycles. The van der Waals surface area contributed by atoms with Gasteiger partial charge in [-0.3, -0.25) is 9.59 Å². The number of dihydropyridines is 1. The van der Waals surface area contributed by atoms with Crippen LogP contribution in [0.2, 0.25) is 0 Å². The maximum absolute atomic E-state index is 11.8. The molecule has 1 aliphatic heterocycles. The lowest BCUT2D eigenvalue weighted by Gasteiger charge is -2.21. The Kier molecular flexibility index (Phi) is 19.2. The second kappa shape index (κ2) is 21.2. The molecule has 1 heterocycles. The fourth-order valence-corrected chi connectivity index (χ4v) is 3.53. The Bertz CT molecular complexity index is 1000. The van der Waals surface area contributed by atoms with Crippen molar-refractivity contribution in [2.75, 3.05) is 33.4 Å². The number of nitrogens with two attached hydrogens (primary N) is 1. The summed E-state index contributed by atoms with van der Waals surface area (Å²) in [6.45, 7) is 7.83. The number of nitrogens with one attached hydrogen (secondary N) is 3. The monoisotopic (exact) mass is 539 g/mol. The molecule has 0 aromatic carbocycles. The van der Waals surface area contributed by atoms with Gasteiger partial charge in [-0.25, -0.2) is 0 Å². The van der Waals surface area contributed by atoms with Crippen LogP contribution in [-0.4, -0.2) is 67.6 Å². The van der Waals surface area contributed by atoms with Gasteiger partial charge in [-0.1, -0.05) is 51.2 Å². The van der Waals surface area contributed by atoms with Crippen LogP contribution in [-0.2, 0) is 14.3 Å². The predicted octanol–water partition coefficient (Wildman–Crippen LogP) is 3.08. The molecule has 0 fully saturated rings. The van der Waals surface area contributed by atoms with E-state index < -0.39 is 6.23 Å². The summed E-state index contributed by atoms with van der Waals surface area (Å²) in [6, 6.07) is 0. The number of rotatable bonds is 12. The van der Waals surface area contributed by atoms with Crippen LogP contribution in [0.15, 0.2) is 70.6 Å². The van der Waals surface area contributed by atoms with Crippen LogP contribution in [0.5, 0.6) is 0 Å². The third-order valence-electron chi connectivity index (χ3n) is 5.75. The first kappa shape index (κ1) is 35.3. The van der Waals surface area contributed by atoms with Crippen LogP contribution < -0.4 is 16.4 Å². The minimum atomic E-state index is -0.614. The molecule has 0 saturated heterocycles. The normalized spacial score (nSPS) is 16.2.